The summed E-state index contributed by atoms with van der Waals surface area (Å²) >= 11 is 0. The van der Waals surface area contributed by atoms with Gasteiger partial charge in [0, 0.05) is 24.1 Å². The van der Waals surface area contributed by atoms with E-state index in [2.05, 4.69) is 4.74 Å². The highest BCUT2D eigenvalue weighted by Crippen LogP contribution is 2.08. The number of halogens is 1. The van der Waals surface area contributed by atoms with Crippen LogP contribution in [0.5, 0.6) is 0 Å². The molecule has 126 valence electrons. The monoisotopic (exact) mass is 389 g/mol. The van der Waals surface area contributed by atoms with Crippen molar-refractivity contribution in [2.75, 3.05) is 7.11 Å². The Balaban J connectivity index is 0.00000288. The van der Waals surface area contributed by atoms with Gasteiger partial charge in [-0.3, -0.25) is 9.59 Å². The normalized spacial score (nSPS) is 10.2. The second-order valence-electron chi connectivity index (χ2n) is 5.17. The number of rotatable bonds is 7. The molecule has 0 fully saturated rings. The van der Waals surface area contributed by atoms with Gasteiger partial charge in [-0.25, -0.2) is 4.57 Å². The third-order valence-electron chi connectivity index (χ3n) is 3.48. The molecule has 0 amide bonds. The van der Waals surface area contributed by atoms with Crippen LogP contribution < -0.4 is 21.5 Å². The van der Waals surface area contributed by atoms with Gasteiger partial charge < -0.3 is 21.7 Å². The number of carbonyl (C=O) groups is 2. The highest BCUT2D eigenvalue weighted by atomic mass is 79.9. The van der Waals surface area contributed by atoms with E-state index in [9.17, 15) is 9.59 Å². The molecule has 0 unspecified atom stereocenters. The Morgan fingerprint density at radius 2 is 1.54 bits per heavy atom. The first-order valence-corrected chi connectivity index (χ1v) is 7.50. The van der Waals surface area contributed by atoms with E-state index in [4.69, 9.17) is 0 Å². The van der Waals surface area contributed by atoms with E-state index in [1.165, 1.54) is 7.11 Å². The van der Waals surface area contributed by atoms with Crippen LogP contribution in [-0.2, 0) is 16.1 Å². The fourth-order valence-electron chi connectivity index (χ4n) is 2.12. The van der Waals surface area contributed by atoms with Gasteiger partial charge >= 0.3 is 5.97 Å². The molecule has 2 aromatic rings. The van der Waals surface area contributed by atoms with Gasteiger partial charge in [-0.1, -0.05) is 36.4 Å². The molecule has 1 aromatic carbocycles. The average Bonchev–Trinajstić information content (AvgIpc) is 2.61. The molecule has 0 aliphatic rings. The number of hydrogen-bond acceptors (Lipinski definition) is 3. The van der Waals surface area contributed by atoms with E-state index in [0.717, 1.165) is 30.4 Å². The van der Waals surface area contributed by atoms with Gasteiger partial charge in [0.2, 0.25) is 0 Å². The van der Waals surface area contributed by atoms with Crippen LogP contribution in [0.4, 0.5) is 0 Å². The average molecular weight is 390 g/mol. The summed E-state index contributed by atoms with van der Waals surface area (Å²) in [5.41, 5.74) is 2.81. The minimum atomic E-state index is -0.175. The molecule has 0 saturated carbocycles. The van der Waals surface area contributed by atoms with E-state index in [-0.39, 0.29) is 23.0 Å². The molecule has 0 saturated heterocycles. The van der Waals surface area contributed by atoms with Crippen LogP contribution in [-0.4, -0.2) is 19.4 Å². The third kappa shape index (κ3) is 6.46. The topological polar surface area (TPSA) is 47.2 Å². The highest BCUT2D eigenvalue weighted by molar-refractivity contribution is 5.76. The fourth-order valence-corrected chi connectivity index (χ4v) is 2.12. The van der Waals surface area contributed by atoms with Crippen LogP contribution in [0.2, 0.25) is 0 Å². The van der Waals surface area contributed by atoms with Crippen LogP contribution in [0.25, 0.3) is 12.2 Å². The first-order chi connectivity index (χ1) is 11.2. The van der Waals surface area contributed by atoms with Crippen molar-refractivity contribution in [2.45, 2.75) is 19.4 Å². The molecule has 0 aliphatic carbocycles. The molecular formula is C19H20BrNO3. The Labute approximate surface area is 152 Å². The molecule has 5 heteroatoms. The van der Waals surface area contributed by atoms with Crippen molar-refractivity contribution in [1.82, 2.24) is 0 Å². The standard InChI is InChI=1S/C19H20NO3.BrH/c1-23-19(22)3-2-12-20-13-10-17(11-14-20)5-4-16-6-8-18(15-21)9-7-16;/h4-11,13-15H,2-3,12H2,1H3;1H/q+1;/p-1. The lowest BCUT2D eigenvalue weighted by Crippen LogP contribution is -3.00. The van der Waals surface area contributed by atoms with Crippen molar-refractivity contribution in [3.05, 3.63) is 65.5 Å². The van der Waals surface area contributed by atoms with Crippen molar-refractivity contribution >= 4 is 24.4 Å². The lowest BCUT2D eigenvalue weighted by molar-refractivity contribution is -0.697. The quantitative estimate of drug-likeness (QED) is 0.377. The van der Waals surface area contributed by atoms with Crippen molar-refractivity contribution in [3.8, 4) is 0 Å². The van der Waals surface area contributed by atoms with E-state index >= 15 is 0 Å². The number of carbonyl (C=O) groups excluding carboxylic acids is 2. The highest BCUT2D eigenvalue weighted by Gasteiger charge is 2.04. The van der Waals surface area contributed by atoms with Gasteiger partial charge in [0.15, 0.2) is 12.4 Å². The number of nitrogens with zero attached hydrogens (tertiary/aromatic N) is 1. The van der Waals surface area contributed by atoms with Gasteiger partial charge in [-0.05, 0) is 11.1 Å². The number of aromatic nitrogens is 1. The molecule has 0 bridgehead atoms. The number of ether oxygens (including phenoxy) is 1. The van der Waals surface area contributed by atoms with Crippen LogP contribution in [0, 0.1) is 0 Å². The van der Waals surface area contributed by atoms with Crippen LogP contribution in [0.15, 0.2) is 48.8 Å². The Kier molecular flexibility index (Phi) is 8.65. The zero-order chi connectivity index (χ0) is 16.5. The number of methoxy groups -OCH3 is 1. The Morgan fingerprint density at radius 3 is 2.08 bits per heavy atom. The smallest absolute Gasteiger partial charge is 0.305 e. The van der Waals surface area contributed by atoms with Crippen molar-refractivity contribution in [3.63, 3.8) is 0 Å². The molecule has 4 nitrogen and oxygen atoms in total. The number of pyridine rings is 1. The minimum absolute atomic E-state index is 0. The molecule has 2 rings (SSSR count). The van der Waals surface area contributed by atoms with Gasteiger partial charge in [0.1, 0.15) is 12.8 Å². The van der Waals surface area contributed by atoms with E-state index < -0.39 is 0 Å². The summed E-state index contributed by atoms with van der Waals surface area (Å²) < 4.78 is 6.66. The SMILES string of the molecule is COC(=O)CCC[n+]1ccc(C=Cc2ccc(C=O)cc2)cc1.[Br-]. The molecule has 0 radical (unpaired) electrons. The first kappa shape index (κ1) is 19.8. The van der Waals surface area contributed by atoms with Gasteiger partial charge in [0.25, 0.3) is 0 Å². The molecular weight excluding hydrogens is 370 g/mol. The van der Waals surface area contributed by atoms with Gasteiger partial charge in [0.05, 0.1) is 13.5 Å². The Morgan fingerprint density at radius 1 is 1.00 bits per heavy atom. The molecule has 24 heavy (non-hydrogen) atoms. The summed E-state index contributed by atoms with van der Waals surface area (Å²) in [6.45, 7) is 0.784. The van der Waals surface area contributed by atoms with E-state index in [1.807, 2.05) is 53.4 Å². The largest absolute Gasteiger partial charge is 1.00 e. The van der Waals surface area contributed by atoms with E-state index in [0.29, 0.717) is 12.0 Å². The summed E-state index contributed by atoms with van der Waals surface area (Å²) in [6, 6.07) is 11.5. The summed E-state index contributed by atoms with van der Waals surface area (Å²) in [5, 5.41) is 0. The summed E-state index contributed by atoms with van der Waals surface area (Å²) in [6.07, 6.45) is 10.0. The van der Waals surface area contributed by atoms with Crippen molar-refractivity contribution in [1.29, 1.82) is 0 Å². The molecule has 1 aromatic heterocycles. The number of aldehydes is 1. The number of aryl methyl sites for hydroxylation is 1. The lowest BCUT2D eigenvalue weighted by atomic mass is 10.1. The summed E-state index contributed by atoms with van der Waals surface area (Å²) in [7, 11) is 1.41. The van der Waals surface area contributed by atoms with E-state index in [1.54, 1.807) is 12.1 Å². The number of hydrogen-bond donors (Lipinski definition) is 0. The summed E-state index contributed by atoms with van der Waals surface area (Å²) in [4.78, 5) is 21.7. The Bertz CT molecular complexity index is 679. The molecule has 1 heterocycles. The lowest BCUT2D eigenvalue weighted by Gasteiger charge is -1.98. The fraction of sp³-hybridized carbons (Fsp3) is 0.211. The molecule has 0 aliphatic heterocycles. The zero-order valence-electron chi connectivity index (χ0n) is 13.5. The maximum atomic E-state index is 11.1. The predicted octanol–water partition coefficient (Wildman–Crippen LogP) is -0.0858. The molecule has 0 atom stereocenters. The van der Waals surface area contributed by atoms with Crippen molar-refractivity contribution < 1.29 is 35.9 Å². The molecule has 0 spiro atoms. The summed E-state index contributed by atoms with van der Waals surface area (Å²) in [5.74, 6) is -0.175. The number of benzene rings is 1. The van der Waals surface area contributed by atoms with Crippen LogP contribution in [0.1, 0.15) is 34.3 Å². The van der Waals surface area contributed by atoms with Crippen molar-refractivity contribution in [2.24, 2.45) is 0 Å². The minimum Gasteiger partial charge on any atom is -1.00 e. The second kappa shape index (κ2) is 10.5. The maximum absolute atomic E-state index is 11.1. The predicted molar refractivity (Wildman–Crippen MR) is 88.6 cm³/mol. The second-order valence-corrected chi connectivity index (χ2v) is 5.17. The third-order valence-corrected chi connectivity index (χ3v) is 3.48. The zero-order valence-corrected chi connectivity index (χ0v) is 15.1. The molecule has 0 N–H and O–H groups in total. The van der Waals surface area contributed by atoms with Gasteiger partial charge in [-0.15, -0.1) is 0 Å². The Hall–Kier alpha value is -2.27. The first-order valence-electron chi connectivity index (χ1n) is 7.50. The number of esters is 1. The van der Waals surface area contributed by atoms with Gasteiger partial charge in [-0.2, -0.15) is 0 Å². The van der Waals surface area contributed by atoms with Crippen LogP contribution >= 0.6 is 0 Å². The maximum Gasteiger partial charge on any atom is 0.305 e. The van der Waals surface area contributed by atoms with Crippen LogP contribution in [0.3, 0.4) is 0 Å².